The van der Waals surface area contributed by atoms with Gasteiger partial charge in [-0.15, -0.1) is 0 Å². The highest BCUT2D eigenvalue weighted by Crippen LogP contribution is 2.26. The number of benzene rings is 2. The van der Waals surface area contributed by atoms with E-state index in [0.717, 1.165) is 5.56 Å². The zero-order valence-corrected chi connectivity index (χ0v) is 18.3. The minimum atomic E-state index is -0.737. The first-order valence-electron chi connectivity index (χ1n) is 9.91. The van der Waals surface area contributed by atoms with Crippen LogP contribution >= 0.6 is 23.2 Å². The highest BCUT2D eigenvalue weighted by molar-refractivity contribution is 6.35. The third kappa shape index (κ3) is 4.61. The molecule has 1 aliphatic heterocycles. The number of carbonyl (C=O) groups excluding carboxylic acids is 3. The van der Waals surface area contributed by atoms with Crippen molar-refractivity contribution in [2.45, 2.75) is 18.9 Å². The van der Waals surface area contributed by atoms with E-state index in [4.69, 9.17) is 23.2 Å². The van der Waals surface area contributed by atoms with Crippen LogP contribution in [-0.4, -0.2) is 45.4 Å². The Balaban J connectivity index is 1.39. The topological polar surface area (TPSA) is 107 Å². The second-order valence-electron chi connectivity index (χ2n) is 7.26. The molecule has 0 aliphatic carbocycles. The maximum absolute atomic E-state index is 12.9. The van der Waals surface area contributed by atoms with Crippen LogP contribution in [0.5, 0.6) is 0 Å². The van der Waals surface area contributed by atoms with E-state index in [1.54, 1.807) is 12.1 Å². The largest absolute Gasteiger partial charge is 0.327 e. The maximum atomic E-state index is 12.9. The summed E-state index contributed by atoms with van der Waals surface area (Å²) in [6.45, 7) is 0.398. The van der Waals surface area contributed by atoms with Crippen molar-refractivity contribution in [3.8, 4) is 11.3 Å². The monoisotopic (exact) mass is 471 g/mol. The van der Waals surface area contributed by atoms with Crippen molar-refractivity contribution in [2.24, 2.45) is 0 Å². The standard InChI is InChI=1S/C22H19Cl2N5O3/c23-14-8-9-16(24)15(11-14)22(32)29-10-4-7-19(29)21(31)28-27-20(30)18-12-17(25-26-18)13-5-2-1-3-6-13/h1-3,5-6,8-9,11-12,19H,4,7,10H2,(H,25,26)(H,27,30)(H,28,31). The molecule has 1 fully saturated rings. The van der Waals surface area contributed by atoms with E-state index in [0.29, 0.717) is 30.1 Å². The zero-order chi connectivity index (χ0) is 22.7. The Labute approximate surface area is 193 Å². The number of hydrogen-bond donors (Lipinski definition) is 3. The van der Waals surface area contributed by atoms with Crippen LogP contribution in [0.25, 0.3) is 11.3 Å². The van der Waals surface area contributed by atoms with E-state index in [1.165, 1.54) is 17.0 Å². The highest BCUT2D eigenvalue weighted by Gasteiger charge is 2.35. The number of nitrogens with zero attached hydrogens (tertiary/aromatic N) is 2. The Morgan fingerprint density at radius 2 is 1.81 bits per heavy atom. The van der Waals surface area contributed by atoms with Gasteiger partial charge >= 0.3 is 0 Å². The number of carbonyl (C=O) groups is 3. The molecule has 8 nitrogen and oxygen atoms in total. The van der Waals surface area contributed by atoms with Crippen LogP contribution in [-0.2, 0) is 4.79 Å². The second kappa shape index (κ2) is 9.42. The first-order chi connectivity index (χ1) is 15.4. The minimum Gasteiger partial charge on any atom is -0.327 e. The molecule has 1 aliphatic rings. The van der Waals surface area contributed by atoms with Crippen molar-refractivity contribution in [3.63, 3.8) is 0 Å². The van der Waals surface area contributed by atoms with Crippen LogP contribution in [0.3, 0.4) is 0 Å². The molecule has 0 radical (unpaired) electrons. The molecule has 2 aromatic carbocycles. The van der Waals surface area contributed by atoms with Gasteiger partial charge in [0.1, 0.15) is 11.7 Å². The number of nitrogens with one attached hydrogen (secondary N) is 3. The van der Waals surface area contributed by atoms with E-state index in [1.807, 2.05) is 30.3 Å². The highest BCUT2D eigenvalue weighted by atomic mass is 35.5. The molecule has 1 unspecified atom stereocenters. The number of hydrogen-bond acceptors (Lipinski definition) is 4. The van der Waals surface area contributed by atoms with Crippen molar-refractivity contribution < 1.29 is 14.4 Å². The average molecular weight is 472 g/mol. The smallest absolute Gasteiger partial charge is 0.287 e. The Hall–Kier alpha value is -3.36. The number of aromatic amines is 1. The van der Waals surface area contributed by atoms with Gasteiger partial charge in [0.25, 0.3) is 17.7 Å². The van der Waals surface area contributed by atoms with Crippen LogP contribution in [0.15, 0.2) is 54.6 Å². The summed E-state index contributed by atoms with van der Waals surface area (Å²) >= 11 is 12.1. The summed E-state index contributed by atoms with van der Waals surface area (Å²) in [6, 6.07) is 14.8. The Morgan fingerprint density at radius 1 is 1.03 bits per heavy atom. The number of amides is 3. The first kappa shape index (κ1) is 21.9. The van der Waals surface area contributed by atoms with Crippen LogP contribution in [0, 0.1) is 0 Å². The van der Waals surface area contributed by atoms with Gasteiger partial charge in [-0.1, -0.05) is 53.5 Å². The van der Waals surface area contributed by atoms with E-state index in [2.05, 4.69) is 21.0 Å². The van der Waals surface area contributed by atoms with Gasteiger partial charge < -0.3 is 4.90 Å². The lowest BCUT2D eigenvalue weighted by Crippen LogP contribution is -2.51. The second-order valence-corrected chi connectivity index (χ2v) is 8.10. The molecule has 3 aromatic rings. The molecular formula is C22H19Cl2N5O3. The molecule has 4 rings (SSSR count). The fraction of sp³-hybridized carbons (Fsp3) is 0.182. The average Bonchev–Trinajstić information content (AvgIpc) is 3.49. The fourth-order valence-corrected chi connectivity index (χ4v) is 3.93. The van der Waals surface area contributed by atoms with E-state index in [9.17, 15) is 14.4 Å². The molecule has 1 saturated heterocycles. The lowest BCUT2D eigenvalue weighted by molar-refractivity contribution is -0.125. The third-order valence-corrected chi connectivity index (χ3v) is 5.73. The van der Waals surface area contributed by atoms with E-state index >= 15 is 0 Å². The quantitative estimate of drug-likeness (QED) is 0.506. The van der Waals surface area contributed by atoms with E-state index < -0.39 is 17.9 Å². The summed E-state index contributed by atoms with van der Waals surface area (Å²) in [6.07, 6.45) is 1.12. The molecule has 164 valence electrons. The van der Waals surface area contributed by atoms with Crippen molar-refractivity contribution in [1.82, 2.24) is 25.9 Å². The number of rotatable bonds is 4. The molecule has 1 aromatic heterocycles. The normalized spacial score (nSPS) is 15.4. The van der Waals surface area contributed by atoms with Crippen molar-refractivity contribution in [2.75, 3.05) is 6.54 Å². The summed E-state index contributed by atoms with van der Waals surface area (Å²) in [5.74, 6) is -1.44. The predicted octanol–water partition coefficient (Wildman–Crippen LogP) is 3.45. The summed E-state index contributed by atoms with van der Waals surface area (Å²) < 4.78 is 0. The number of H-pyrrole nitrogens is 1. The lowest BCUT2D eigenvalue weighted by Gasteiger charge is -2.24. The van der Waals surface area contributed by atoms with Crippen molar-refractivity contribution in [1.29, 1.82) is 0 Å². The minimum absolute atomic E-state index is 0.189. The van der Waals surface area contributed by atoms with E-state index in [-0.39, 0.29) is 22.2 Å². The van der Waals surface area contributed by atoms with Gasteiger partial charge in [-0.3, -0.25) is 30.3 Å². The maximum Gasteiger partial charge on any atom is 0.287 e. The summed E-state index contributed by atoms with van der Waals surface area (Å²) in [7, 11) is 0. The van der Waals surface area contributed by atoms with Gasteiger partial charge in [-0.05, 0) is 37.1 Å². The fourth-order valence-electron chi connectivity index (χ4n) is 3.56. The summed E-state index contributed by atoms with van der Waals surface area (Å²) in [5, 5.41) is 7.41. The molecule has 1 atom stereocenters. The summed E-state index contributed by atoms with van der Waals surface area (Å²) in [5.41, 5.74) is 6.64. The van der Waals surface area contributed by atoms with Crippen molar-refractivity contribution in [3.05, 3.63) is 75.9 Å². The molecule has 3 N–H and O–H groups in total. The summed E-state index contributed by atoms with van der Waals surface area (Å²) in [4.78, 5) is 39.5. The first-order valence-corrected chi connectivity index (χ1v) is 10.7. The molecule has 0 bridgehead atoms. The Bertz CT molecular complexity index is 1170. The molecule has 0 saturated carbocycles. The van der Waals surface area contributed by atoms with Gasteiger partial charge in [0, 0.05) is 17.1 Å². The van der Waals surface area contributed by atoms with Crippen LogP contribution < -0.4 is 10.9 Å². The van der Waals surface area contributed by atoms with Crippen LogP contribution in [0.4, 0.5) is 0 Å². The van der Waals surface area contributed by atoms with Gasteiger partial charge in [0.05, 0.1) is 16.3 Å². The van der Waals surface area contributed by atoms with Gasteiger partial charge in [-0.2, -0.15) is 5.10 Å². The third-order valence-electron chi connectivity index (χ3n) is 5.17. The van der Waals surface area contributed by atoms with Crippen LogP contribution in [0.2, 0.25) is 10.0 Å². The Morgan fingerprint density at radius 3 is 2.59 bits per heavy atom. The van der Waals surface area contributed by atoms with Crippen molar-refractivity contribution >= 4 is 40.9 Å². The number of aromatic nitrogens is 2. The lowest BCUT2D eigenvalue weighted by atomic mass is 10.1. The molecule has 2 heterocycles. The number of likely N-dealkylation sites (tertiary alicyclic amines) is 1. The Kier molecular flexibility index (Phi) is 6.43. The zero-order valence-electron chi connectivity index (χ0n) is 16.8. The van der Waals surface area contributed by atoms with Gasteiger partial charge in [0.2, 0.25) is 0 Å². The van der Waals surface area contributed by atoms with Crippen LogP contribution in [0.1, 0.15) is 33.7 Å². The molecule has 32 heavy (non-hydrogen) atoms. The predicted molar refractivity (Wildman–Crippen MR) is 120 cm³/mol. The molecule has 10 heteroatoms. The number of halogens is 2. The molecular weight excluding hydrogens is 453 g/mol. The van der Waals surface area contributed by atoms with Gasteiger partial charge in [0.15, 0.2) is 0 Å². The SMILES string of the molecule is O=C(NNC(=O)C1CCCN1C(=O)c1cc(Cl)ccc1Cl)c1cc(-c2ccccc2)n[nH]1. The number of hydrazine groups is 1. The van der Waals surface area contributed by atoms with Gasteiger partial charge in [-0.25, -0.2) is 0 Å². The molecule has 3 amide bonds. The molecule has 0 spiro atoms.